The Balaban J connectivity index is 1.10. The lowest BCUT2D eigenvalue weighted by atomic mass is 9.98. The van der Waals surface area contributed by atoms with Gasteiger partial charge in [0.15, 0.2) is 0 Å². The molecule has 0 heterocycles. The Morgan fingerprint density at radius 1 is 1.06 bits per heavy atom. The van der Waals surface area contributed by atoms with Crippen LogP contribution in [0, 0.1) is 17.3 Å². The molecule has 2 aromatic rings. The van der Waals surface area contributed by atoms with Gasteiger partial charge in [0.2, 0.25) is 5.91 Å². The quantitative estimate of drug-likeness (QED) is 0.500. The highest BCUT2D eigenvalue weighted by atomic mass is 16.5. The first-order valence-corrected chi connectivity index (χ1v) is 12.5. The van der Waals surface area contributed by atoms with Crippen molar-refractivity contribution < 1.29 is 24.2 Å². The Labute approximate surface area is 205 Å². The van der Waals surface area contributed by atoms with Crippen LogP contribution in [0.3, 0.4) is 0 Å². The van der Waals surface area contributed by atoms with Crippen molar-refractivity contribution in [1.29, 1.82) is 0 Å². The number of rotatable bonds is 9. The number of fused-ring (bicyclic) bond motifs is 4. The lowest BCUT2D eigenvalue weighted by Crippen LogP contribution is -2.38. The Hall–Kier alpha value is -3.35. The van der Waals surface area contributed by atoms with Gasteiger partial charge in [-0.15, -0.1) is 0 Å². The molecule has 0 radical (unpaired) electrons. The van der Waals surface area contributed by atoms with Gasteiger partial charge in [-0.2, -0.15) is 0 Å². The van der Waals surface area contributed by atoms with Crippen LogP contribution in [0.5, 0.6) is 0 Å². The first-order valence-electron chi connectivity index (χ1n) is 12.5. The van der Waals surface area contributed by atoms with Crippen LogP contribution in [-0.2, 0) is 14.3 Å². The summed E-state index contributed by atoms with van der Waals surface area (Å²) in [5, 5.41) is 14.8. The number of carboxylic acids is 1. The second kappa shape index (κ2) is 9.36. The number of aliphatic carboxylic acids is 1. The second-order valence-corrected chi connectivity index (χ2v) is 10.4. The number of hydrogen-bond donors (Lipinski definition) is 3. The third-order valence-electron chi connectivity index (χ3n) is 7.98. The van der Waals surface area contributed by atoms with Gasteiger partial charge < -0.3 is 20.5 Å². The molecule has 0 aromatic heterocycles. The van der Waals surface area contributed by atoms with Gasteiger partial charge in [0.25, 0.3) is 0 Å². The van der Waals surface area contributed by atoms with E-state index in [1.54, 1.807) is 0 Å². The average molecular weight is 477 g/mol. The summed E-state index contributed by atoms with van der Waals surface area (Å²) in [7, 11) is 0. The van der Waals surface area contributed by atoms with Crippen molar-refractivity contribution in [2.45, 2.75) is 51.0 Å². The van der Waals surface area contributed by atoms with E-state index >= 15 is 0 Å². The van der Waals surface area contributed by atoms with Crippen LogP contribution in [0.4, 0.5) is 4.79 Å². The van der Waals surface area contributed by atoms with E-state index in [4.69, 9.17) is 9.84 Å². The van der Waals surface area contributed by atoms with Gasteiger partial charge in [-0.25, -0.2) is 4.79 Å². The standard InChI is InChI=1S/C28H32N2O5/c1-17(12-25(31)32)10-11-29-26(33)28-14-18(28)13-19(15-28)30-27(34)35-16-24-22-8-4-2-6-20(22)21-7-3-5-9-23(21)24/h2-9,17-19,24H,10-16H2,1H3,(H,29,33)(H,30,34)(H,31,32)/t17?,18-,19+,28+/m1/s1. The van der Waals surface area contributed by atoms with Gasteiger partial charge in [0, 0.05) is 24.9 Å². The molecule has 2 fully saturated rings. The number of hydrogen-bond acceptors (Lipinski definition) is 4. The minimum absolute atomic E-state index is 0.0192. The van der Waals surface area contributed by atoms with Gasteiger partial charge in [-0.05, 0) is 59.8 Å². The molecule has 0 spiro atoms. The Kier molecular flexibility index (Phi) is 6.26. The lowest BCUT2D eigenvalue weighted by molar-refractivity contribution is -0.138. The summed E-state index contributed by atoms with van der Waals surface area (Å²) >= 11 is 0. The van der Waals surface area contributed by atoms with Crippen LogP contribution >= 0.6 is 0 Å². The monoisotopic (exact) mass is 476 g/mol. The van der Waals surface area contributed by atoms with Crippen LogP contribution in [0.1, 0.15) is 56.1 Å². The van der Waals surface area contributed by atoms with Gasteiger partial charge in [0.1, 0.15) is 6.61 Å². The predicted octanol–water partition coefficient (Wildman–Crippen LogP) is 4.31. The molecule has 7 nitrogen and oxygen atoms in total. The molecule has 184 valence electrons. The van der Waals surface area contributed by atoms with Crippen molar-refractivity contribution in [2.24, 2.45) is 17.3 Å². The molecular weight excluding hydrogens is 444 g/mol. The van der Waals surface area contributed by atoms with E-state index in [1.165, 1.54) is 22.3 Å². The van der Waals surface area contributed by atoms with Crippen LogP contribution in [-0.4, -0.2) is 42.3 Å². The molecule has 1 unspecified atom stereocenters. The topological polar surface area (TPSA) is 105 Å². The minimum atomic E-state index is -0.817. The molecule has 2 aromatic carbocycles. The lowest BCUT2D eigenvalue weighted by Gasteiger charge is -2.19. The molecule has 4 atom stereocenters. The van der Waals surface area contributed by atoms with Gasteiger partial charge in [-0.1, -0.05) is 55.5 Å². The zero-order valence-corrected chi connectivity index (χ0v) is 20.0. The average Bonchev–Trinajstić information content (AvgIpc) is 3.25. The van der Waals surface area contributed by atoms with E-state index < -0.39 is 17.5 Å². The molecular formula is C28H32N2O5. The molecule has 0 bridgehead atoms. The Morgan fingerprint density at radius 3 is 2.37 bits per heavy atom. The van der Waals surface area contributed by atoms with E-state index in [-0.39, 0.29) is 42.7 Å². The summed E-state index contributed by atoms with van der Waals surface area (Å²) in [6, 6.07) is 16.4. The number of ether oxygens (including phenoxy) is 1. The fraction of sp³-hybridized carbons (Fsp3) is 0.464. The molecule has 35 heavy (non-hydrogen) atoms. The molecule has 3 aliphatic carbocycles. The SMILES string of the molecule is CC(CCNC(=O)[C@@]12C[C@@H](NC(=O)OCC3c4ccccc4-c4ccccc43)C[C@@H]1C2)CC(=O)O. The maximum atomic E-state index is 12.8. The maximum absolute atomic E-state index is 12.8. The molecule has 0 aliphatic heterocycles. The minimum Gasteiger partial charge on any atom is -0.481 e. The van der Waals surface area contributed by atoms with E-state index in [2.05, 4.69) is 34.9 Å². The summed E-state index contributed by atoms with van der Waals surface area (Å²) in [6.07, 6.45) is 2.57. The first kappa shape index (κ1) is 23.4. The summed E-state index contributed by atoms with van der Waals surface area (Å²) in [5.74, 6) is -0.458. The highest BCUT2D eigenvalue weighted by Gasteiger charge is 2.65. The van der Waals surface area contributed by atoms with E-state index in [1.807, 2.05) is 31.2 Å². The summed E-state index contributed by atoms with van der Waals surface area (Å²) in [4.78, 5) is 36.2. The van der Waals surface area contributed by atoms with Crippen molar-refractivity contribution in [3.05, 3.63) is 59.7 Å². The molecule has 0 saturated heterocycles. The molecule has 3 aliphatic rings. The molecule has 3 N–H and O–H groups in total. The van der Waals surface area contributed by atoms with E-state index in [0.717, 1.165) is 12.8 Å². The third-order valence-corrected chi connectivity index (χ3v) is 7.98. The molecule has 2 saturated carbocycles. The number of benzene rings is 2. The maximum Gasteiger partial charge on any atom is 0.407 e. The first-order chi connectivity index (χ1) is 16.9. The van der Waals surface area contributed by atoms with Crippen molar-refractivity contribution in [2.75, 3.05) is 13.2 Å². The fourth-order valence-electron chi connectivity index (χ4n) is 6.10. The molecule has 5 rings (SSSR count). The number of nitrogens with one attached hydrogen (secondary N) is 2. The number of carboxylic acid groups (broad SMARTS) is 1. The third kappa shape index (κ3) is 4.64. The normalized spacial score (nSPS) is 24.6. The van der Waals surface area contributed by atoms with Gasteiger partial charge >= 0.3 is 12.1 Å². The number of alkyl carbamates (subject to hydrolysis) is 1. The summed E-state index contributed by atoms with van der Waals surface area (Å²) < 4.78 is 5.67. The highest BCUT2D eigenvalue weighted by Crippen LogP contribution is 2.63. The Bertz CT molecular complexity index is 1100. The van der Waals surface area contributed by atoms with Crippen molar-refractivity contribution in [3.8, 4) is 11.1 Å². The van der Waals surface area contributed by atoms with Gasteiger partial charge in [0.05, 0.1) is 5.41 Å². The largest absolute Gasteiger partial charge is 0.481 e. The van der Waals surface area contributed by atoms with Crippen LogP contribution < -0.4 is 10.6 Å². The van der Waals surface area contributed by atoms with Crippen LogP contribution in [0.25, 0.3) is 11.1 Å². The van der Waals surface area contributed by atoms with Crippen molar-refractivity contribution >= 4 is 18.0 Å². The summed E-state index contributed by atoms with van der Waals surface area (Å²) in [6.45, 7) is 2.63. The smallest absolute Gasteiger partial charge is 0.407 e. The highest BCUT2D eigenvalue weighted by molar-refractivity contribution is 5.87. The predicted molar refractivity (Wildman–Crippen MR) is 131 cm³/mol. The molecule has 2 amide bonds. The fourth-order valence-corrected chi connectivity index (χ4v) is 6.10. The van der Waals surface area contributed by atoms with Crippen LogP contribution in [0.15, 0.2) is 48.5 Å². The van der Waals surface area contributed by atoms with Crippen molar-refractivity contribution in [1.82, 2.24) is 10.6 Å². The van der Waals surface area contributed by atoms with E-state index in [0.29, 0.717) is 19.4 Å². The van der Waals surface area contributed by atoms with Gasteiger partial charge in [-0.3, -0.25) is 9.59 Å². The zero-order valence-electron chi connectivity index (χ0n) is 20.0. The summed E-state index contributed by atoms with van der Waals surface area (Å²) in [5.41, 5.74) is 4.35. The number of amides is 2. The second-order valence-electron chi connectivity index (χ2n) is 10.4. The van der Waals surface area contributed by atoms with Crippen LogP contribution in [0.2, 0.25) is 0 Å². The molecule has 7 heteroatoms. The number of carbonyl (C=O) groups is 3. The van der Waals surface area contributed by atoms with E-state index in [9.17, 15) is 14.4 Å². The Morgan fingerprint density at radius 2 is 1.71 bits per heavy atom. The zero-order chi connectivity index (χ0) is 24.6. The number of carbonyl (C=O) groups excluding carboxylic acids is 2. The van der Waals surface area contributed by atoms with Crippen molar-refractivity contribution in [3.63, 3.8) is 0 Å².